The molecular weight excluding hydrogens is 304 g/mol. The monoisotopic (exact) mass is 325 g/mol. The van der Waals surface area contributed by atoms with Crippen molar-refractivity contribution in [2.75, 3.05) is 6.54 Å². The molecule has 1 atom stereocenters. The lowest BCUT2D eigenvalue weighted by molar-refractivity contribution is -0.201. The first-order valence-corrected chi connectivity index (χ1v) is 8.00. The van der Waals surface area contributed by atoms with Crippen molar-refractivity contribution in [3.8, 4) is 0 Å². The Morgan fingerprint density at radius 2 is 1.91 bits per heavy atom. The predicted molar refractivity (Wildman–Crippen MR) is 79.8 cm³/mol. The van der Waals surface area contributed by atoms with Crippen LogP contribution >= 0.6 is 0 Å². The van der Waals surface area contributed by atoms with E-state index in [0.717, 1.165) is 4.90 Å². The molecule has 1 unspecified atom stereocenters. The summed E-state index contributed by atoms with van der Waals surface area (Å²) in [7, 11) is 0. The summed E-state index contributed by atoms with van der Waals surface area (Å²) in [5, 5.41) is 20.3. The van der Waals surface area contributed by atoms with E-state index in [1.807, 2.05) is 0 Å². The lowest BCUT2D eigenvalue weighted by Gasteiger charge is -2.34. The maximum absolute atomic E-state index is 14.6. The van der Waals surface area contributed by atoms with Crippen LogP contribution in [-0.2, 0) is 11.3 Å². The van der Waals surface area contributed by atoms with Crippen LogP contribution in [0, 0.1) is 0 Å². The summed E-state index contributed by atoms with van der Waals surface area (Å²) in [4.78, 5) is 13.5. The third kappa shape index (κ3) is 2.74. The van der Waals surface area contributed by atoms with E-state index in [1.54, 1.807) is 24.3 Å². The van der Waals surface area contributed by atoms with E-state index in [-0.39, 0.29) is 32.4 Å². The number of carbonyl (C=O) groups is 1. The van der Waals surface area contributed by atoms with Gasteiger partial charge in [0.1, 0.15) is 5.60 Å². The van der Waals surface area contributed by atoms with Gasteiger partial charge in [-0.3, -0.25) is 4.79 Å². The summed E-state index contributed by atoms with van der Waals surface area (Å²) in [6.07, 6.45) is 0.323. The summed E-state index contributed by atoms with van der Waals surface area (Å²) in [5.41, 5.74) is -0.903. The molecule has 0 saturated heterocycles. The number of rotatable bonds is 2. The molecule has 23 heavy (non-hydrogen) atoms. The van der Waals surface area contributed by atoms with Gasteiger partial charge in [0.2, 0.25) is 0 Å². The Labute approximate surface area is 133 Å². The number of alkyl halides is 2. The number of hydrogen-bond donors (Lipinski definition) is 2. The van der Waals surface area contributed by atoms with Crippen molar-refractivity contribution >= 4 is 5.91 Å². The molecule has 1 aliphatic heterocycles. The second-order valence-corrected chi connectivity index (χ2v) is 6.54. The predicted octanol–water partition coefficient (Wildman–Crippen LogP) is 2.39. The van der Waals surface area contributed by atoms with E-state index in [1.165, 1.54) is 0 Å². The molecule has 1 aromatic carbocycles. The molecule has 6 heteroatoms. The van der Waals surface area contributed by atoms with Gasteiger partial charge in [0.15, 0.2) is 0 Å². The first kappa shape index (κ1) is 16.3. The maximum atomic E-state index is 14.6. The normalized spacial score (nSPS) is 24.2. The van der Waals surface area contributed by atoms with Gasteiger partial charge >= 0.3 is 5.92 Å². The zero-order valence-corrected chi connectivity index (χ0v) is 12.8. The lowest BCUT2D eigenvalue weighted by atomic mass is 9.92. The summed E-state index contributed by atoms with van der Waals surface area (Å²) in [5.74, 6) is -5.14. The molecule has 4 nitrogen and oxygen atoms in total. The Morgan fingerprint density at radius 1 is 1.26 bits per heavy atom. The first-order valence-electron chi connectivity index (χ1n) is 8.00. The van der Waals surface area contributed by atoms with Crippen molar-refractivity contribution in [2.24, 2.45) is 0 Å². The molecular formula is C17H21F2NO3. The number of halogens is 2. The second kappa shape index (κ2) is 5.83. The maximum Gasteiger partial charge on any atom is 0.352 e. The van der Waals surface area contributed by atoms with Crippen LogP contribution in [0.5, 0.6) is 0 Å². The number of nitrogens with zero attached hydrogens (tertiary/aromatic N) is 1. The fraction of sp³-hybridized carbons (Fsp3) is 0.588. The Balaban J connectivity index is 1.86. The highest BCUT2D eigenvalue weighted by Crippen LogP contribution is 2.43. The van der Waals surface area contributed by atoms with Crippen LogP contribution in [0.15, 0.2) is 24.3 Å². The smallest absolute Gasteiger partial charge is 0.352 e. The van der Waals surface area contributed by atoms with Gasteiger partial charge in [-0.15, -0.1) is 0 Å². The van der Waals surface area contributed by atoms with E-state index in [4.69, 9.17) is 0 Å². The molecule has 1 fully saturated rings. The molecule has 0 spiro atoms. The molecule has 1 aromatic rings. The highest BCUT2D eigenvalue weighted by Gasteiger charge is 2.60. The van der Waals surface area contributed by atoms with Crippen molar-refractivity contribution in [1.82, 2.24) is 4.90 Å². The van der Waals surface area contributed by atoms with Gasteiger partial charge in [0.25, 0.3) is 5.91 Å². The van der Waals surface area contributed by atoms with Crippen LogP contribution in [0.1, 0.15) is 49.3 Å². The number of amides is 1. The quantitative estimate of drug-likeness (QED) is 0.878. The van der Waals surface area contributed by atoms with Gasteiger partial charge in [-0.05, 0) is 30.4 Å². The lowest BCUT2D eigenvalue weighted by Crippen LogP contribution is -2.56. The number of aliphatic hydroxyl groups is 2. The molecule has 126 valence electrons. The zero-order chi connectivity index (χ0) is 16.7. The number of fused-ring (bicyclic) bond motifs is 1. The number of aliphatic hydroxyl groups excluding tert-OH is 1. The average Bonchev–Trinajstić information content (AvgIpc) is 2.92. The SMILES string of the molecule is O=C(N1CCC(O)c2ccccc2C1)C(F)(F)C1(O)CCCC1. The van der Waals surface area contributed by atoms with Crippen LogP contribution < -0.4 is 0 Å². The Kier molecular flexibility index (Phi) is 4.14. The van der Waals surface area contributed by atoms with Crippen molar-refractivity contribution in [3.05, 3.63) is 35.4 Å². The topological polar surface area (TPSA) is 60.8 Å². The summed E-state index contributed by atoms with van der Waals surface area (Å²) in [6.45, 7) is 0.0675. The fourth-order valence-corrected chi connectivity index (χ4v) is 3.57. The third-order valence-electron chi connectivity index (χ3n) is 5.02. The van der Waals surface area contributed by atoms with Crippen molar-refractivity contribution in [2.45, 2.75) is 56.3 Å². The average molecular weight is 325 g/mol. The number of benzene rings is 1. The number of hydrogen-bond acceptors (Lipinski definition) is 3. The molecule has 2 aliphatic rings. The Hall–Kier alpha value is -1.53. The van der Waals surface area contributed by atoms with E-state index in [2.05, 4.69) is 0 Å². The van der Waals surface area contributed by atoms with Crippen molar-refractivity contribution < 1.29 is 23.8 Å². The van der Waals surface area contributed by atoms with Gasteiger partial charge in [0.05, 0.1) is 6.10 Å². The van der Waals surface area contributed by atoms with Crippen molar-refractivity contribution in [1.29, 1.82) is 0 Å². The van der Waals surface area contributed by atoms with Crippen LogP contribution in [0.2, 0.25) is 0 Å². The zero-order valence-electron chi connectivity index (χ0n) is 12.8. The highest BCUT2D eigenvalue weighted by molar-refractivity contribution is 5.85. The molecule has 2 N–H and O–H groups in total. The molecule has 1 saturated carbocycles. The standard InChI is InChI=1S/C17H21F2NO3/c18-17(19,16(23)8-3-4-9-16)15(22)20-10-7-14(21)13-6-2-1-5-12(13)11-20/h1-2,5-6,14,21,23H,3-4,7-11H2. The van der Waals surface area contributed by atoms with Gasteiger partial charge in [0, 0.05) is 13.1 Å². The van der Waals surface area contributed by atoms with Crippen molar-refractivity contribution in [3.63, 3.8) is 0 Å². The summed E-state index contributed by atoms with van der Waals surface area (Å²) < 4.78 is 29.2. The van der Waals surface area contributed by atoms with Crippen LogP contribution in [-0.4, -0.2) is 39.1 Å². The van der Waals surface area contributed by atoms with E-state index in [9.17, 15) is 23.8 Å². The Bertz CT molecular complexity index is 599. The fourth-order valence-electron chi connectivity index (χ4n) is 3.57. The van der Waals surface area contributed by atoms with Crippen LogP contribution in [0.4, 0.5) is 8.78 Å². The van der Waals surface area contributed by atoms with Gasteiger partial charge in [-0.2, -0.15) is 8.78 Å². The minimum atomic E-state index is -3.80. The molecule has 1 heterocycles. The van der Waals surface area contributed by atoms with E-state index < -0.39 is 23.5 Å². The second-order valence-electron chi connectivity index (χ2n) is 6.54. The molecule has 0 aromatic heterocycles. The van der Waals surface area contributed by atoms with Crippen LogP contribution in [0.3, 0.4) is 0 Å². The molecule has 1 amide bonds. The number of carbonyl (C=O) groups excluding carboxylic acids is 1. The largest absolute Gasteiger partial charge is 0.388 e. The summed E-state index contributed by atoms with van der Waals surface area (Å²) in [6, 6.07) is 7.00. The summed E-state index contributed by atoms with van der Waals surface area (Å²) >= 11 is 0. The highest BCUT2D eigenvalue weighted by atomic mass is 19.3. The minimum Gasteiger partial charge on any atom is -0.388 e. The third-order valence-corrected chi connectivity index (χ3v) is 5.02. The molecule has 0 radical (unpaired) electrons. The first-order chi connectivity index (χ1) is 10.8. The molecule has 0 bridgehead atoms. The minimum absolute atomic E-state index is 0.0255. The van der Waals surface area contributed by atoms with Gasteiger partial charge < -0.3 is 15.1 Å². The van der Waals surface area contributed by atoms with E-state index in [0.29, 0.717) is 24.0 Å². The molecule has 3 rings (SSSR count). The van der Waals surface area contributed by atoms with E-state index >= 15 is 0 Å². The Morgan fingerprint density at radius 3 is 2.61 bits per heavy atom. The van der Waals surface area contributed by atoms with Crippen LogP contribution in [0.25, 0.3) is 0 Å². The molecule has 1 aliphatic carbocycles. The van der Waals surface area contributed by atoms with Gasteiger partial charge in [-0.25, -0.2) is 0 Å². The van der Waals surface area contributed by atoms with Gasteiger partial charge in [-0.1, -0.05) is 37.1 Å².